The average Bonchev–Trinajstić information content (AvgIpc) is 3.20. The van der Waals surface area contributed by atoms with E-state index in [1.807, 2.05) is 0 Å². The summed E-state index contributed by atoms with van der Waals surface area (Å²) in [5.74, 6) is -0.868. The second kappa shape index (κ2) is 7.68. The molecule has 3 aliphatic rings. The summed E-state index contributed by atoms with van der Waals surface area (Å²) < 4.78 is 33.2. The van der Waals surface area contributed by atoms with Crippen molar-refractivity contribution in [1.29, 1.82) is 0 Å². The summed E-state index contributed by atoms with van der Waals surface area (Å²) in [6.45, 7) is 1.60. The Morgan fingerprint density at radius 2 is 1.78 bits per heavy atom. The monoisotopic (exact) mass is 366 g/mol. The molecule has 134 valence electrons. The van der Waals surface area contributed by atoms with Gasteiger partial charge in [-0.3, -0.25) is 4.79 Å². The zero-order valence-electron chi connectivity index (χ0n) is 13.6. The zero-order chi connectivity index (χ0) is 15.7. The van der Waals surface area contributed by atoms with Crippen LogP contribution in [-0.4, -0.2) is 56.2 Å². The van der Waals surface area contributed by atoms with Crippen LogP contribution in [0.5, 0.6) is 0 Å². The number of sulfonamides is 1. The molecule has 0 spiro atoms. The number of halogens is 1. The number of nitrogens with zero attached hydrogens (tertiary/aromatic N) is 1. The van der Waals surface area contributed by atoms with E-state index in [1.165, 1.54) is 7.11 Å². The third-order valence-electron chi connectivity index (χ3n) is 5.18. The summed E-state index contributed by atoms with van der Waals surface area (Å²) in [6, 6.07) is 0.202. The fourth-order valence-corrected chi connectivity index (χ4v) is 6.59. The van der Waals surface area contributed by atoms with Crippen molar-refractivity contribution in [3.05, 3.63) is 0 Å². The van der Waals surface area contributed by atoms with Gasteiger partial charge in [0.15, 0.2) is 0 Å². The Morgan fingerprint density at radius 3 is 2.35 bits per heavy atom. The van der Waals surface area contributed by atoms with Crippen LogP contribution in [0, 0.1) is 5.92 Å². The Morgan fingerprint density at radius 1 is 1.09 bits per heavy atom. The standard InChI is InChI=1S/C15H26N2O4S.ClH/c1-21-15(18)13-4-2-3-5-14(13)22(19,20)17(11-6-7-11)12-8-9-16-10-12;/h11-14,16H,2-10H2,1H3;1H. The second-order valence-electron chi connectivity index (χ2n) is 6.71. The second-order valence-corrected chi connectivity index (χ2v) is 8.76. The Bertz CT molecular complexity index is 518. The lowest BCUT2D eigenvalue weighted by atomic mass is 9.89. The van der Waals surface area contributed by atoms with Gasteiger partial charge in [-0.25, -0.2) is 8.42 Å². The van der Waals surface area contributed by atoms with Crippen LogP contribution < -0.4 is 5.32 Å². The van der Waals surface area contributed by atoms with E-state index in [9.17, 15) is 13.2 Å². The molecule has 3 atom stereocenters. The molecule has 23 heavy (non-hydrogen) atoms. The fourth-order valence-electron chi connectivity index (χ4n) is 3.93. The van der Waals surface area contributed by atoms with Crippen LogP contribution in [0.15, 0.2) is 0 Å². The number of carbonyl (C=O) groups excluding carboxylic acids is 1. The van der Waals surface area contributed by atoms with Gasteiger partial charge >= 0.3 is 5.97 Å². The highest BCUT2D eigenvalue weighted by Gasteiger charge is 2.49. The lowest BCUT2D eigenvalue weighted by molar-refractivity contribution is -0.146. The Hall–Kier alpha value is -0.370. The lowest BCUT2D eigenvalue weighted by Gasteiger charge is -2.36. The van der Waals surface area contributed by atoms with Gasteiger partial charge in [0.1, 0.15) is 0 Å². The first-order valence-corrected chi connectivity index (χ1v) is 9.87. The molecule has 1 heterocycles. The topological polar surface area (TPSA) is 75.7 Å². The van der Waals surface area contributed by atoms with E-state index < -0.39 is 21.2 Å². The van der Waals surface area contributed by atoms with Crippen molar-refractivity contribution in [2.75, 3.05) is 20.2 Å². The van der Waals surface area contributed by atoms with Gasteiger partial charge in [-0.2, -0.15) is 4.31 Å². The lowest BCUT2D eigenvalue weighted by Crippen LogP contribution is -2.51. The molecule has 0 aromatic carbocycles. The molecule has 1 aliphatic heterocycles. The maximum absolute atomic E-state index is 13.3. The SMILES string of the molecule is COC(=O)C1CCCCC1S(=O)(=O)N(C1CC1)C1CCNC1.Cl. The first-order chi connectivity index (χ1) is 10.6. The average molecular weight is 367 g/mol. The predicted molar refractivity (Wildman–Crippen MR) is 90.1 cm³/mol. The van der Waals surface area contributed by atoms with Crippen molar-refractivity contribution >= 4 is 28.4 Å². The summed E-state index contributed by atoms with van der Waals surface area (Å²) in [5, 5.41) is 2.66. The van der Waals surface area contributed by atoms with E-state index >= 15 is 0 Å². The van der Waals surface area contributed by atoms with Crippen LogP contribution in [0.4, 0.5) is 0 Å². The molecule has 2 saturated carbocycles. The summed E-state index contributed by atoms with van der Waals surface area (Å²) >= 11 is 0. The van der Waals surface area contributed by atoms with E-state index in [-0.39, 0.29) is 30.5 Å². The summed E-state index contributed by atoms with van der Waals surface area (Å²) in [6.07, 6.45) is 5.74. The molecule has 0 aromatic rings. The molecule has 0 aromatic heterocycles. The number of nitrogens with one attached hydrogen (secondary N) is 1. The molecule has 3 unspecified atom stereocenters. The molecular formula is C15H27ClN2O4S. The van der Waals surface area contributed by atoms with Gasteiger partial charge in [0.2, 0.25) is 10.0 Å². The van der Waals surface area contributed by atoms with Crippen molar-refractivity contribution < 1.29 is 17.9 Å². The first-order valence-electron chi connectivity index (χ1n) is 8.36. The minimum absolute atomic E-state index is 0. The molecule has 6 nitrogen and oxygen atoms in total. The third-order valence-corrected chi connectivity index (χ3v) is 7.70. The number of hydrogen-bond donors (Lipinski definition) is 1. The maximum Gasteiger partial charge on any atom is 0.310 e. The van der Waals surface area contributed by atoms with Crippen LogP contribution in [0.25, 0.3) is 0 Å². The molecule has 8 heteroatoms. The maximum atomic E-state index is 13.3. The van der Waals surface area contributed by atoms with Crippen molar-refractivity contribution in [3.8, 4) is 0 Å². The fraction of sp³-hybridized carbons (Fsp3) is 0.933. The van der Waals surface area contributed by atoms with E-state index in [2.05, 4.69) is 5.32 Å². The number of carbonyl (C=O) groups is 1. The van der Waals surface area contributed by atoms with Crippen LogP contribution in [0.1, 0.15) is 44.9 Å². The van der Waals surface area contributed by atoms with Gasteiger partial charge in [0.25, 0.3) is 0 Å². The van der Waals surface area contributed by atoms with E-state index in [1.54, 1.807) is 4.31 Å². The minimum atomic E-state index is -3.46. The van der Waals surface area contributed by atoms with Gasteiger partial charge in [0.05, 0.1) is 18.3 Å². The van der Waals surface area contributed by atoms with E-state index in [0.717, 1.165) is 45.2 Å². The molecule has 0 bridgehead atoms. The van der Waals surface area contributed by atoms with Crippen molar-refractivity contribution in [2.24, 2.45) is 5.92 Å². The highest BCUT2D eigenvalue weighted by molar-refractivity contribution is 7.89. The van der Waals surface area contributed by atoms with Crippen molar-refractivity contribution in [1.82, 2.24) is 9.62 Å². The molecule has 3 rings (SSSR count). The molecule has 3 fully saturated rings. The molecule has 1 N–H and O–H groups in total. The summed E-state index contributed by atoms with van der Waals surface area (Å²) in [4.78, 5) is 12.0. The summed E-state index contributed by atoms with van der Waals surface area (Å²) in [7, 11) is -2.11. The van der Waals surface area contributed by atoms with E-state index in [0.29, 0.717) is 12.8 Å². The van der Waals surface area contributed by atoms with Crippen LogP contribution >= 0.6 is 12.4 Å². The number of rotatable bonds is 5. The van der Waals surface area contributed by atoms with Crippen LogP contribution in [0.3, 0.4) is 0 Å². The molecule has 0 radical (unpaired) electrons. The summed E-state index contributed by atoms with van der Waals surface area (Å²) in [5.41, 5.74) is 0. The zero-order valence-corrected chi connectivity index (χ0v) is 15.2. The smallest absolute Gasteiger partial charge is 0.310 e. The molecule has 2 aliphatic carbocycles. The number of methoxy groups -OCH3 is 1. The Labute approximate surface area is 144 Å². The number of hydrogen-bond acceptors (Lipinski definition) is 5. The predicted octanol–water partition coefficient (Wildman–Crippen LogP) is 1.30. The third kappa shape index (κ3) is 3.83. The van der Waals surface area contributed by atoms with Crippen LogP contribution in [0.2, 0.25) is 0 Å². The van der Waals surface area contributed by atoms with Gasteiger partial charge < -0.3 is 10.1 Å². The highest BCUT2D eigenvalue weighted by Crippen LogP contribution is 2.39. The van der Waals surface area contributed by atoms with Gasteiger partial charge in [-0.05, 0) is 38.6 Å². The van der Waals surface area contributed by atoms with Crippen molar-refractivity contribution in [2.45, 2.75) is 62.3 Å². The van der Waals surface area contributed by atoms with Gasteiger partial charge in [0, 0.05) is 18.6 Å². The molecule has 1 saturated heterocycles. The molecular weight excluding hydrogens is 340 g/mol. The van der Waals surface area contributed by atoms with Crippen molar-refractivity contribution in [3.63, 3.8) is 0 Å². The Balaban J connectivity index is 0.00000192. The Kier molecular flexibility index (Phi) is 6.33. The molecule has 0 amide bonds. The van der Waals surface area contributed by atoms with Crippen LogP contribution in [-0.2, 0) is 19.6 Å². The number of ether oxygens (including phenoxy) is 1. The number of esters is 1. The highest BCUT2D eigenvalue weighted by atomic mass is 35.5. The normalized spacial score (nSPS) is 31.7. The van der Waals surface area contributed by atoms with Gasteiger partial charge in [-0.15, -0.1) is 12.4 Å². The van der Waals surface area contributed by atoms with E-state index in [4.69, 9.17) is 4.74 Å². The largest absolute Gasteiger partial charge is 0.469 e. The quantitative estimate of drug-likeness (QED) is 0.742. The minimum Gasteiger partial charge on any atom is -0.469 e. The first kappa shape index (κ1) is 19.0. The van der Waals surface area contributed by atoms with Gasteiger partial charge in [-0.1, -0.05) is 12.8 Å².